The van der Waals surface area contributed by atoms with Gasteiger partial charge in [-0.05, 0) is 18.5 Å². The van der Waals surface area contributed by atoms with Crippen LogP contribution in [0.25, 0.3) is 10.8 Å². The van der Waals surface area contributed by atoms with Crippen LogP contribution < -0.4 is 25.3 Å². The van der Waals surface area contributed by atoms with E-state index in [0.717, 1.165) is 0 Å². The minimum absolute atomic E-state index is 0. The minimum Gasteiger partial charge on any atom is -1.00 e. The van der Waals surface area contributed by atoms with Crippen LogP contribution in [-0.2, 0) is 21.7 Å². The molecule has 35 heavy (non-hydrogen) atoms. The van der Waals surface area contributed by atoms with E-state index in [1.165, 1.54) is 43.4 Å². The Morgan fingerprint density at radius 1 is 0.714 bits per heavy atom. The average molecular weight is 520 g/mol. The van der Waals surface area contributed by atoms with Crippen LogP contribution >= 0.6 is 7.92 Å². The Hall–Kier alpha value is -2.25. The Morgan fingerprint density at radius 2 is 1.20 bits per heavy atom. The molecule has 0 atom stereocenters. The molecule has 0 amide bonds. The van der Waals surface area contributed by atoms with Crippen molar-refractivity contribution in [2.45, 2.75) is 34.6 Å². The minimum atomic E-state index is -0.493. The van der Waals surface area contributed by atoms with Gasteiger partial charge in [-0.15, -0.1) is 47.3 Å². The summed E-state index contributed by atoms with van der Waals surface area (Å²) in [5, 5.41) is 6.89. The van der Waals surface area contributed by atoms with Crippen LogP contribution in [0.15, 0.2) is 114 Å². The van der Waals surface area contributed by atoms with Crippen molar-refractivity contribution in [2.75, 3.05) is 0 Å². The van der Waals surface area contributed by atoms with Crippen LogP contribution in [0.5, 0.6) is 0 Å². The molecule has 0 unspecified atom stereocenters. The smallest absolute Gasteiger partial charge is 1.00 e. The molecule has 0 N–H and O–H groups in total. The number of allylic oxidation sites excluding steroid dienone is 4. The third-order valence-corrected chi connectivity index (χ3v) is 8.86. The molecule has 0 spiro atoms. The first-order valence-corrected chi connectivity index (χ1v) is 12.6. The molecule has 4 heteroatoms. The maximum absolute atomic E-state index is 3.44. The normalized spacial score (nSPS) is 13.7. The van der Waals surface area contributed by atoms with Gasteiger partial charge in [0.2, 0.25) is 0 Å². The molecule has 178 valence electrons. The Labute approximate surface area is 224 Å². The largest absolute Gasteiger partial charge is 4.00 e. The fraction of sp³-hybridized carbons (Fsp3) is 0.194. The van der Waals surface area contributed by atoms with E-state index in [1.807, 2.05) is 0 Å². The molecule has 1 aliphatic rings. The number of benzene rings is 3. The summed E-state index contributed by atoms with van der Waals surface area (Å²) in [5.41, 5.74) is 4.39. The summed E-state index contributed by atoms with van der Waals surface area (Å²) >= 11 is 0. The van der Waals surface area contributed by atoms with Crippen LogP contribution in [0.1, 0.15) is 34.6 Å². The van der Waals surface area contributed by atoms with Gasteiger partial charge in [-0.1, -0.05) is 99.8 Å². The van der Waals surface area contributed by atoms with Crippen LogP contribution in [0.2, 0.25) is 0 Å². The second kappa shape index (κ2) is 13.2. The standard InChI is InChI=1S/C21H16P.C10H15.2FH.Ti/c1-3-11-19(12-4-1)22(20-13-5-2-6-14-20)21-15-17-9-7-8-10-18(17)16-21;1-7-6-10(4,5)9(3)8(7)2;;;/h1-16H;1-5H3;2*1H;/q2*-1;;;+4/p-2. The van der Waals surface area contributed by atoms with Crippen LogP contribution in [0, 0.1) is 11.5 Å². The second-order valence-corrected chi connectivity index (χ2v) is 11.2. The third-order valence-electron chi connectivity index (χ3n) is 6.45. The van der Waals surface area contributed by atoms with Gasteiger partial charge in [0.1, 0.15) is 0 Å². The molecule has 0 bridgehead atoms. The van der Waals surface area contributed by atoms with Crippen molar-refractivity contribution >= 4 is 34.6 Å². The van der Waals surface area contributed by atoms with Crippen molar-refractivity contribution in [1.82, 2.24) is 0 Å². The first-order valence-electron chi connectivity index (χ1n) is 11.2. The van der Waals surface area contributed by atoms with Crippen LogP contribution in [-0.4, -0.2) is 0 Å². The Morgan fingerprint density at radius 3 is 1.60 bits per heavy atom. The summed E-state index contributed by atoms with van der Waals surface area (Å²) in [6.07, 6.45) is 3.44. The quantitative estimate of drug-likeness (QED) is 0.218. The van der Waals surface area contributed by atoms with Gasteiger partial charge in [-0.25, -0.2) is 5.57 Å². The zero-order chi connectivity index (χ0) is 22.7. The summed E-state index contributed by atoms with van der Waals surface area (Å²) in [6, 6.07) is 35.0. The topological polar surface area (TPSA) is 0 Å². The summed E-state index contributed by atoms with van der Waals surface area (Å²) in [7, 11) is -0.493. The zero-order valence-electron chi connectivity index (χ0n) is 20.9. The van der Waals surface area contributed by atoms with Gasteiger partial charge in [0.25, 0.3) is 0 Å². The van der Waals surface area contributed by atoms with E-state index in [-0.39, 0.29) is 36.5 Å². The predicted octanol–water partition coefficient (Wildman–Crippen LogP) is 1.43. The Bertz CT molecular complexity index is 1200. The monoisotopic (exact) mass is 520 g/mol. The molecular formula is C31H31F2PTi. The molecule has 1 aliphatic carbocycles. The predicted molar refractivity (Wildman–Crippen MR) is 143 cm³/mol. The Kier molecular flexibility index (Phi) is 11.6. The van der Waals surface area contributed by atoms with E-state index < -0.39 is 7.92 Å². The molecule has 4 aromatic carbocycles. The first kappa shape index (κ1) is 30.8. The maximum Gasteiger partial charge on any atom is 4.00 e. The average Bonchev–Trinajstić information content (AvgIpc) is 3.30. The van der Waals surface area contributed by atoms with Gasteiger partial charge in [-0.3, -0.25) is 6.08 Å². The van der Waals surface area contributed by atoms with E-state index in [2.05, 4.69) is 138 Å². The number of fused-ring (bicyclic) bond motifs is 1. The maximum atomic E-state index is 3.44. The van der Waals surface area contributed by atoms with Gasteiger partial charge >= 0.3 is 21.7 Å². The van der Waals surface area contributed by atoms with Crippen molar-refractivity contribution in [3.05, 3.63) is 120 Å². The summed E-state index contributed by atoms with van der Waals surface area (Å²) in [6.45, 7) is 10.9. The molecule has 0 fully saturated rings. The molecule has 0 saturated heterocycles. The van der Waals surface area contributed by atoms with E-state index in [9.17, 15) is 0 Å². The van der Waals surface area contributed by atoms with Crippen molar-refractivity contribution < 1.29 is 31.1 Å². The van der Waals surface area contributed by atoms with E-state index in [1.54, 1.807) is 0 Å². The van der Waals surface area contributed by atoms with Crippen molar-refractivity contribution in [3.8, 4) is 0 Å². The van der Waals surface area contributed by atoms with Gasteiger partial charge in [0.15, 0.2) is 0 Å². The van der Waals surface area contributed by atoms with Gasteiger partial charge in [0, 0.05) is 0 Å². The fourth-order valence-corrected chi connectivity index (χ4v) is 6.64. The van der Waals surface area contributed by atoms with Crippen molar-refractivity contribution in [1.29, 1.82) is 0 Å². The molecule has 0 nitrogen and oxygen atoms in total. The van der Waals surface area contributed by atoms with Crippen molar-refractivity contribution in [3.63, 3.8) is 0 Å². The summed E-state index contributed by atoms with van der Waals surface area (Å²) < 4.78 is 0. The Balaban J connectivity index is 0.000000407. The summed E-state index contributed by atoms with van der Waals surface area (Å²) in [4.78, 5) is 0. The molecule has 0 heterocycles. The third kappa shape index (κ3) is 6.92. The SMILES string of the molecule is CC1=[C-]C(C)(C)C(C)=C1C.[F-].[F-].[Ti+4].c1ccc(P(c2ccccc2)c2cc3ccccc3[cH-]2)cc1. The number of halogens is 2. The summed E-state index contributed by atoms with van der Waals surface area (Å²) in [5.74, 6) is 0. The van der Waals surface area contributed by atoms with Crippen LogP contribution in [0.3, 0.4) is 0 Å². The molecule has 0 saturated carbocycles. The van der Waals surface area contributed by atoms with Crippen molar-refractivity contribution in [2.24, 2.45) is 5.41 Å². The molecule has 0 radical (unpaired) electrons. The van der Waals surface area contributed by atoms with Gasteiger partial charge in [-0.2, -0.15) is 17.2 Å². The fourth-order valence-electron chi connectivity index (χ4n) is 4.27. The number of hydrogen-bond acceptors (Lipinski definition) is 0. The molecular weight excluding hydrogens is 489 g/mol. The molecule has 0 aliphatic heterocycles. The molecule has 0 aromatic heterocycles. The van der Waals surface area contributed by atoms with Crippen LogP contribution in [0.4, 0.5) is 0 Å². The molecule has 4 aromatic rings. The van der Waals surface area contributed by atoms with E-state index >= 15 is 0 Å². The van der Waals surface area contributed by atoms with Gasteiger partial charge < -0.3 is 9.41 Å². The number of hydrogen-bond donors (Lipinski definition) is 0. The number of rotatable bonds is 3. The van der Waals surface area contributed by atoms with Gasteiger partial charge in [0.05, 0.1) is 0 Å². The first-order chi connectivity index (χ1) is 15.4. The second-order valence-electron chi connectivity index (χ2n) is 8.97. The zero-order valence-corrected chi connectivity index (χ0v) is 23.4. The van der Waals surface area contributed by atoms with E-state index in [4.69, 9.17) is 0 Å². The molecule has 5 rings (SSSR count). The van der Waals surface area contributed by atoms with E-state index in [0.29, 0.717) is 0 Å².